The van der Waals surface area contributed by atoms with Gasteiger partial charge in [-0.25, -0.2) is 14.4 Å². The molecule has 3 unspecified atom stereocenters. The zero-order valence-electron chi connectivity index (χ0n) is 15.2. The van der Waals surface area contributed by atoms with Crippen LogP contribution >= 0.6 is 23.1 Å². The van der Waals surface area contributed by atoms with Gasteiger partial charge in [0.1, 0.15) is 23.8 Å². The predicted octanol–water partition coefficient (Wildman–Crippen LogP) is 2.36. The minimum Gasteiger partial charge on any atom is -0.377 e. The quantitative estimate of drug-likeness (QED) is 0.438. The molecule has 3 heterocycles. The van der Waals surface area contributed by atoms with E-state index in [0.29, 0.717) is 11.5 Å². The second-order valence-electron chi connectivity index (χ2n) is 6.76. The molecule has 0 bridgehead atoms. The number of benzene rings is 1. The third-order valence-corrected chi connectivity index (χ3v) is 7.12. The van der Waals surface area contributed by atoms with Crippen LogP contribution in [0.4, 0.5) is 15.9 Å². The van der Waals surface area contributed by atoms with Gasteiger partial charge in [0.15, 0.2) is 5.82 Å². The number of aromatic nitrogens is 2. The van der Waals surface area contributed by atoms with Crippen molar-refractivity contribution in [1.82, 2.24) is 15.3 Å². The number of nitrogens with two attached hydrogens (primary N) is 1. The summed E-state index contributed by atoms with van der Waals surface area (Å²) in [5.41, 5.74) is 7.54. The Bertz CT molecular complexity index is 1030. The number of thioether (sulfide) groups is 1. The standard InChI is InChI=1S/C18H20FN5O2S2/c1-8-22-13-12(27-8)5-6-21-15(13)23-9-3-4-11(19)10(7-9)18(2)17(26)24-16(25)14(20)28-18/h3-7,14,16-17,24-26H,20H2,1-2H3,(H,21,23)/t14?,16?,17?,18-/m1/s1. The summed E-state index contributed by atoms with van der Waals surface area (Å²) in [6.45, 7) is 3.61. The lowest BCUT2D eigenvalue weighted by molar-refractivity contribution is 0.0103. The van der Waals surface area contributed by atoms with E-state index in [0.717, 1.165) is 27.0 Å². The van der Waals surface area contributed by atoms with Crippen LogP contribution in [0, 0.1) is 12.7 Å². The average Bonchev–Trinajstić information content (AvgIpc) is 3.03. The highest BCUT2D eigenvalue weighted by molar-refractivity contribution is 8.00. The minimum atomic E-state index is -1.18. The Balaban J connectivity index is 1.71. The molecule has 3 aromatic rings. The van der Waals surface area contributed by atoms with Crippen LogP contribution < -0.4 is 16.4 Å². The molecule has 1 fully saturated rings. The summed E-state index contributed by atoms with van der Waals surface area (Å²) in [6.07, 6.45) is -0.564. The fraction of sp³-hybridized carbons (Fsp3) is 0.333. The maximum Gasteiger partial charge on any atom is 0.157 e. The van der Waals surface area contributed by atoms with Gasteiger partial charge in [0.2, 0.25) is 0 Å². The fourth-order valence-electron chi connectivity index (χ4n) is 3.22. The number of thiazole rings is 1. The number of aliphatic hydroxyl groups excluding tert-OH is 2. The highest BCUT2D eigenvalue weighted by Gasteiger charge is 2.45. The Kier molecular flexibility index (Phi) is 5.02. The largest absolute Gasteiger partial charge is 0.377 e. The summed E-state index contributed by atoms with van der Waals surface area (Å²) in [4.78, 5) is 8.86. The van der Waals surface area contributed by atoms with Crippen molar-refractivity contribution in [3.05, 3.63) is 46.9 Å². The Hall–Kier alpha value is -1.82. The van der Waals surface area contributed by atoms with E-state index in [1.54, 1.807) is 36.6 Å². The normalized spacial score (nSPS) is 27.9. The van der Waals surface area contributed by atoms with Crippen molar-refractivity contribution in [2.45, 2.75) is 36.4 Å². The second kappa shape index (κ2) is 7.21. The first-order valence-electron chi connectivity index (χ1n) is 8.63. The van der Waals surface area contributed by atoms with E-state index in [4.69, 9.17) is 5.73 Å². The summed E-state index contributed by atoms with van der Waals surface area (Å²) in [6, 6.07) is 6.45. The number of fused-ring (bicyclic) bond motifs is 1. The first-order chi connectivity index (χ1) is 13.3. The van der Waals surface area contributed by atoms with E-state index < -0.39 is 28.4 Å². The van der Waals surface area contributed by atoms with Gasteiger partial charge in [0.25, 0.3) is 0 Å². The molecule has 6 N–H and O–H groups in total. The van der Waals surface area contributed by atoms with E-state index in [9.17, 15) is 14.6 Å². The van der Waals surface area contributed by atoms with Crippen molar-refractivity contribution in [2.75, 3.05) is 5.32 Å². The number of hydrogen-bond donors (Lipinski definition) is 5. The molecule has 7 nitrogen and oxygen atoms in total. The lowest BCUT2D eigenvalue weighted by Crippen LogP contribution is -2.60. The Morgan fingerprint density at radius 2 is 2.11 bits per heavy atom. The van der Waals surface area contributed by atoms with Crippen molar-refractivity contribution in [3.63, 3.8) is 0 Å². The molecule has 1 aromatic carbocycles. The van der Waals surface area contributed by atoms with Crippen molar-refractivity contribution in [1.29, 1.82) is 0 Å². The molecule has 1 aliphatic heterocycles. The van der Waals surface area contributed by atoms with Gasteiger partial charge in [0.05, 0.1) is 19.8 Å². The summed E-state index contributed by atoms with van der Waals surface area (Å²) in [7, 11) is 0. The Labute approximate surface area is 169 Å². The molecule has 1 aliphatic rings. The fourth-order valence-corrected chi connectivity index (χ4v) is 5.29. The van der Waals surface area contributed by atoms with E-state index in [2.05, 4.69) is 20.6 Å². The van der Waals surface area contributed by atoms with Crippen LogP contribution in [0.3, 0.4) is 0 Å². The molecule has 4 atom stereocenters. The molecule has 0 aliphatic carbocycles. The molecule has 2 aromatic heterocycles. The molecule has 0 spiro atoms. The number of halogens is 1. The number of aryl methyl sites for hydroxylation is 1. The van der Waals surface area contributed by atoms with Crippen molar-refractivity contribution in [3.8, 4) is 0 Å². The van der Waals surface area contributed by atoms with Gasteiger partial charge in [-0.2, -0.15) is 0 Å². The van der Waals surface area contributed by atoms with Gasteiger partial charge in [-0.05, 0) is 38.1 Å². The maximum absolute atomic E-state index is 14.7. The SMILES string of the molecule is Cc1nc2c(Nc3ccc(F)c([C@@]4(C)SC(N)C(O)NC4O)c3)nccc2s1. The number of aliphatic hydroxyl groups is 2. The summed E-state index contributed by atoms with van der Waals surface area (Å²) >= 11 is 2.69. The highest BCUT2D eigenvalue weighted by Crippen LogP contribution is 2.45. The second-order valence-corrected chi connectivity index (χ2v) is 9.63. The number of nitrogens with one attached hydrogen (secondary N) is 2. The van der Waals surface area contributed by atoms with Crippen molar-refractivity contribution < 1.29 is 14.6 Å². The van der Waals surface area contributed by atoms with Crippen LogP contribution in [0.5, 0.6) is 0 Å². The third kappa shape index (κ3) is 3.36. The summed E-state index contributed by atoms with van der Waals surface area (Å²) < 4.78 is 14.6. The molecule has 148 valence electrons. The molecule has 1 saturated heterocycles. The van der Waals surface area contributed by atoms with E-state index in [1.807, 2.05) is 13.0 Å². The number of anilines is 2. The van der Waals surface area contributed by atoms with Gasteiger partial charge in [-0.1, -0.05) is 0 Å². The zero-order chi connectivity index (χ0) is 20.1. The molecule has 10 heteroatoms. The molecule has 28 heavy (non-hydrogen) atoms. The number of hydrogen-bond acceptors (Lipinski definition) is 9. The van der Waals surface area contributed by atoms with Gasteiger partial charge < -0.3 is 21.3 Å². The number of pyridine rings is 1. The van der Waals surface area contributed by atoms with Crippen LogP contribution in [-0.2, 0) is 4.75 Å². The molecular formula is C18H20FN5O2S2. The molecule has 4 rings (SSSR count). The topological polar surface area (TPSA) is 116 Å². The third-order valence-electron chi connectivity index (χ3n) is 4.72. The van der Waals surface area contributed by atoms with Crippen LogP contribution in [0.25, 0.3) is 10.2 Å². The van der Waals surface area contributed by atoms with E-state index in [-0.39, 0.29) is 5.56 Å². The molecule has 0 radical (unpaired) electrons. The van der Waals surface area contributed by atoms with Crippen LogP contribution in [0.15, 0.2) is 30.5 Å². The Morgan fingerprint density at radius 1 is 1.32 bits per heavy atom. The van der Waals surface area contributed by atoms with E-state index >= 15 is 0 Å². The molecular weight excluding hydrogens is 401 g/mol. The monoisotopic (exact) mass is 421 g/mol. The number of rotatable bonds is 3. The smallest absolute Gasteiger partial charge is 0.157 e. The van der Waals surface area contributed by atoms with Gasteiger partial charge in [-0.15, -0.1) is 23.1 Å². The van der Waals surface area contributed by atoms with Crippen LogP contribution in [0.1, 0.15) is 17.5 Å². The van der Waals surface area contributed by atoms with Gasteiger partial charge >= 0.3 is 0 Å². The van der Waals surface area contributed by atoms with Crippen LogP contribution in [-0.4, -0.2) is 38.0 Å². The van der Waals surface area contributed by atoms with Crippen molar-refractivity contribution in [2.24, 2.45) is 5.73 Å². The first kappa shape index (κ1) is 19.5. The molecule has 0 saturated carbocycles. The highest BCUT2D eigenvalue weighted by atomic mass is 32.2. The summed E-state index contributed by atoms with van der Waals surface area (Å²) in [5, 5.41) is 26.3. The maximum atomic E-state index is 14.7. The van der Waals surface area contributed by atoms with E-state index in [1.165, 1.54) is 6.07 Å². The Morgan fingerprint density at radius 3 is 2.89 bits per heavy atom. The van der Waals surface area contributed by atoms with Gasteiger partial charge in [-0.3, -0.25) is 5.32 Å². The predicted molar refractivity (Wildman–Crippen MR) is 110 cm³/mol. The number of nitrogens with zero attached hydrogens (tertiary/aromatic N) is 2. The van der Waals surface area contributed by atoms with Crippen molar-refractivity contribution >= 4 is 44.8 Å². The lowest BCUT2D eigenvalue weighted by atomic mass is 9.96. The summed E-state index contributed by atoms with van der Waals surface area (Å²) in [5.74, 6) is 0.104. The minimum absolute atomic E-state index is 0.270. The first-order valence-corrected chi connectivity index (χ1v) is 10.3. The van der Waals surface area contributed by atoms with Gasteiger partial charge in [0, 0.05) is 17.4 Å². The average molecular weight is 422 g/mol. The molecule has 0 amide bonds. The lowest BCUT2D eigenvalue weighted by Gasteiger charge is -2.43. The van der Waals surface area contributed by atoms with Crippen LogP contribution in [0.2, 0.25) is 0 Å². The zero-order valence-corrected chi connectivity index (χ0v) is 16.8.